The highest BCUT2D eigenvalue weighted by Gasteiger charge is 2.27. The maximum absolute atomic E-state index is 12.6. The van der Waals surface area contributed by atoms with Crippen molar-refractivity contribution in [2.75, 3.05) is 7.05 Å². The zero-order chi connectivity index (χ0) is 16.3. The molecule has 1 amide bonds. The summed E-state index contributed by atoms with van der Waals surface area (Å²) in [4.78, 5) is 12.2. The molecule has 1 heterocycles. The molecule has 0 aliphatic carbocycles. The number of nitrogens with one attached hydrogen (secondary N) is 2. The van der Waals surface area contributed by atoms with Crippen LogP contribution in [0.15, 0.2) is 34.5 Å². The molecule has 0 fully saturated rings. The number of thiophene rings is 1. The van der Waals surface area contributed by atoms with Gasteiger partial charge in [0.1, 0.15) is 10.9 Å². The Hall–Kier alpha value is -1.44. The molecule has 0 aliphatic rings. The van der Waals surface area contributed by atoms with Gasteiger partial charge in [-0.3, -0.25) is 4.79 Å². The number of benzene rings is 1. The minimum Gasteiger partial charge on any atom is -0.358 e. The first-order valence-electron chi connectivity index (χ1n) is 7.05. The van der Waals surface area contributed by atoms with Crippen LogP contribution in [0.2, 0.25) is 0 Å². The number of sulfonamides is 1. The van der Waals surface area contributed by atoms with E-state index >= 15 is 0 Å². The first kappa shape index (κ1) is 16.9. The Morgan fingerprint density at radius 2 is 1.95 bits per heavy atom. The summed E-state index contributed by atoms with van der Waals surface area (Å²) < 4.78 is 28.7. The number of rotatable bonds is 6. The van der Waals surface area contributed by atoms with Gasteiger partial charge in [-0.1, -0.05) is 32.0 Å². The molecule has 2 N–H and O–H groups in total. The van der Waals surface area contributed by atoms with Crippen LogP contribution in [0, 0.1) is 5.92 Å². The van der Waals surface area contributed by atoms with Gasteiger partial charge in [-0.05, 0) is 18.4 Å². The second-order valence-electron chi connectivity index (χ2n) is 5.51. The van der Waals surface area contributed by atoms with Crippen LogP contribution in [0.4, 0.5) is 0 Å². The zero-order valence-electron chi connectivity index (χ0n) is 12.8. The molecule has 2 aromatic rings. The van der Waals surface area contributed by atoms with E-state index in [2.05, 4.69) is 10.0 Å². The molecule has 1 atom stereocenters. The molecular weight excluding hydrogens is 320 g/mol. The van der Waals surface area contributed by atoms with Crippen LogP contribution in [-0.4, -0.2) is 27.4 Å². The molecule has 22 heavy (non-hydrogen) atoms. The van der Waals surface area contributed by atoms with Gasteiger partial charge >= 0.3 is 0 Å². The monoisotopic (exact) mass is 340 g/mol. The summed E-state index contributed by atoms with van der Waals surface area (Å²) in [5.74, 6) is -0.124. The second-order valence-corrected chi connectivity index (χ2v) is 8.11. The molecule has 0 radical (unpaired) electrons. The highest BCUT2D eigenvalue weighted by molar-refractivity contribution is 7.90. The van der Waals surface area contributed by atoms with Gasteiger partial charge in [-0.25, -0.2) is 8.42 Å². The van der Waals surface area contributed by atoms with Crippen molar-refractivity contribution in [2.45, 2.75) is 31.2 Å². The number of hydrogen-bond donors (Lipinski definition) is 2. The van der Waals surface area contributed by atoms with Crippen LogP contribution in [0.3, 0.4) is 0 Å². The second kappa shape index (κ2) is 6.76. The van der Waals surface area contributed by atoms with E-state index in [-0.39, 0.29) is 16.7 Å². The first-order chi connectivity index (χ1) is 10.3. The summed E-state index contributed by atoms with van der Waals surface area (Å²) in [7, 11) is -2.24. The lowest BCUT2D eigenvalue weighted by Gasteiger charge is -2.19. The molecule has 5 nitrogen and oxygen atoms in total. The Balaban J connectivity index is 2.34. The summed E-state index contributed by atoms with van der Waals surface area (Å²) >= 11 is 1.38. The predicted molar refractivity (Wildman–Crippen MR) is 89.5 cm³/mol. The number of fused-ring (bicyclic) bond motifs is 1. The van der Waals surface area contributed by atoms with Gasteiger partial charge in [-0.2, -0.15) is 4.72 Å². The fourth-order valence-corrected chi connectivity index (χ4v) is 4.98. The van der Waals surface area contributed by atoms with Crippen molar-refractivity contribution in [3.05, 3.63) is 29.6 Å². The van der Waals surface area contributed by atoms with Crippen LogP contribution in [0.5, 0.6) is 0 Å². The van der Waals surface area contributed by atoms with E-state index in [9.17, 15) is 13.2 Å². The molecule has 2 rings (SSSR count). The van der Waals surface area contributed by atoms with E-state index in [0.717, 1.165) is 4.70 Å². The number of hydrogen-bond acceptors (Lipinski definition) is 4. The van der Waals surface area contributed by atoms with Gasteiger partial charge in [-0.15, -0.1) is 11.3 Å². The molecule has 0 spiro atoms. The van der Waals surface area contributed by atoms with Gasteiger partial charge in [0, 0.05) is 22.5 Å². The van der Waals surface area contributed by atoms with Crippen LogP contribution < -0.4 is 10.0 Å². The Kier molecular flexibility index (Phi) is 5.20. The molecule has 1 aromatic carbocycles. The summed E-state index contributed by atoms with van der Waals surface area (Å²) in [6.07, 6.45) is 0.445. The highest BCUT2D eigenvalue weighted by Crippen LogP contribution is 2.29. The molecule has 1 aromatic heterocycles. The SMILES string of the molecule is CNC(=O)[C@H](CC(C)C)NS(=O)(=O)c1csc2ccccc12. The Morgan fingerprint density at radius 1 is 1.27 bits per heavy atom. The summed E-state index contributed by atoms with van der Waals surface area (Å²) in [6, 6.07) is 6.56. The van der Waals surface area contributed by atoms with Crippen molar-refractivity contribution in [3.63, 3.8) is 0 Å². The molecule has 0 saturated carbocycles. The lowest BCUT2D eigenvalue weighted by atomic mass is 10.0. The van der Waals surface area contributed by atoms with E-state index in [1.165, 1.54) is 18.4 Å². The first-order valence-corrected chi connectivity index (χ1v) is 9.41. The average molecular weight is 340 g/mol. The summed E-state index contributed by atoms with van der Waals surface area (Å²) in [6.45, 7) is 3.90. The maximum atomic E-state index is 12.6. The molecule has 7 heteroatoms. The van der Waals surface area contributed by atoms with Gasteiger partial charge in [0.2, 0.25) is 15.9 Å². The average Bonchev–Trinajstić information content (AvgIpc) is 2.89. The molecule has 120 valence electrons. The number of carbonyl (C=O) groups excluding carboxylic acids is 1. The largest absolute Gasteiger partial charge is 0.358 e. The minimum absolute atomic E-state index is 0.198. The minimum atomic E-state index is -3.74. The van der Waals surface area contributed by atoms with Gasteiger partial charge in [0.15, 0.2) is 0 Å². The lowest BCUT2D eigenvalue weighted by molar-refractivity contribution is -0.122. The normalized spacial score (nSPS) is 13.5. The Labute approximate surface area is 134 Å². The molecule has 0 aliphatic heterocycles. The maximum Gasteiger partial charge on any atom is 0.242 e. The van der Waals surface area contributed by atoms with E-state index in [4.69, 9.17) is 0 Å². The Morgan fingerprint density at radius 3 is 2.59 bits per heavy atom. The Bertz CT molecular complexity index is 766. The van der Waals surface area contributed by atoms with E-state index in [1.54, 1.807) is 17.5 Å². The number of carbonyl (C=O) groups is 1. The third kappa shape index (κ3) is 3.66. The van der Waals surface area contributed by atoms with E-state index in [1.807, 2.05) is 26.0 Å². The third-order valence-corrected chi connectivity index (χ3v) is 5.93. The van der Waals surface area contributed by atoms with Crippen molar-refractivity contribution in [1.29, 1.82) is 0 Å². The van der Waals surface area contributed by atoms with Crippen molar-refractivity contribution in [1.82, 2.24) is 10.0 Å². The fourth-order valence-electron chi connectivity index (χ4n) is 2.27. The molecule has 0 unspecified atom stereocenters. The highest BCUT2D eigenvalue weighted by atomic mass is 32.2. The summed E-state index contributed by atoms with van der Waals surface area (Å²) in [5.41, 5.74) is 0. The fraction of sp³-hybridized carbons (Fsp3) is 0.400. The van der Waals surface area contributed by atoms with Crippen LogP contribution in [-0.2, 0) is 14.8 Å². The topological polar surface area (TPSA) is 75.3 Å². The summed E-state index contributed by atoms with van der Waals surface area (Å²) in [5, 5.41) is 4.81. The van der Waals surface area contributed by atoms with Crippen molar-refractivity contribution in [2.24, 2.45) is 5.92 Å². The lowest BCUT2D eigenvalue weighted by Crippen LogP contribution is -2.46. The predicted octanol–water partition coefficient (Wildman–Crippen LogP) is 2.34. The molecular formula is C15H20N2O3S2. The van der Waals surface area contributed by atoms with Gasteiger partial charge in [0.25, 0.3) is 0 Å². The smallest absolute Gasteiger partial charge is 0.242 e. The third-order valence-electron chi connectivity index (χ3n) is 3.30. The van der Waals surface area contributed by atoms with E-state index < -0.39 is 16.1 Å². The number of likely N-dealkylation sites (N-methyl/N-ethyl adjacent to an activating group) is 1. The van der Waals surface area contributed by atoms with Crippen LogP contribution in [0.25, 0.3) is 10.1 Å². The molecule has 0 bridgehead atoms. The zero-order valence-corrected chi connectivity index (χ0v) is 14.4. The van der Waals surface area contributed by atoms with E-state index in [0.29, 0.717) is 11.8 Å². The van der Waals surface area contributed by atoms with Crippen LogP contribution in [0.1, 0.15) is 20.3 Å². The van der Waals surface area contributed by atoms with Gasteiger partial charge < -0.3 is 5.32 Å². The molecule has 0 saturated heterocycles. The standard InChI is InChI=1S/C15H20N2O3S2/c1-10(2)8-12(15(18)16-3)17-22(19,20)14-9-21-13-7-5-4-6-11(13)14/h4-7,9-10,12,17H,8H2,1-3H3,(H,16,18)/t12-/m0/s1. The van der Waals surface area contributed by atoms with Crippen LogP contribution >= 0.6 is 11.3 Å². The number of amides is 1. The van der Waals surface area contributed by atoms with Crippen molar-refractivity contribution < 1.29 is 13.2 Å². The van der Waals surface area contributed by atoms with Crippen molar-refractivity contribution >= 4 is 37.4 Å². The van der Waals surface area contributed by atoms with Gasteiger partial charge in [0.05, 0.1) is 0 Å². The quantitative estimate of drug-likeness (QED) is 0.847. The van der Waals surface area contributed by atoms with Crippen molar-refractivity contribution in [3.8, 4) is 0 Å².